The summed E-state index contributed by atoms with van der Waals surface area (Å²) in [7, 11) is 0. The van der Waals surface area contributed by atoms with Gasteiger partial charge < -0.3 is 11.1 Å². The Balaban J connectivity index is 1.99. The molecule has 3 N–H and O–H groups in total. The lowest BCUT2D eigenvalue weighted by Gasteiger charge is -2.23. The Bertz CT molecular complexity index is 458. The molecule has 1 unspecified atom stereocenters. The summed E-state index contributed by atoms with van der Waals surface area (Å²) in [6.45, 7) is 2.87. The largest absolute Gasteiger partial charge is 0.399 e. The van der Waals surface area contributed by atoms with Gasteiger partial charge in [-0.05, 0) is 43.7 Å². The van der Waals surface area contributed by atoms with Crippen LogP contribution in [-0.4, -0.2) is 23.0 Å². The minimum Gasteiger partial charge on any atom is -0.399 e. The second-order valence-electron chi connectivity index (χ2n) is 4.82. The minimum atomic E-state index is -0.131. The van der Waals surface area contributed by atoms with E-state index < -0.39 is 0 Å². The standard InChI is InChI=1S/C13H17ClN2OS/c1-13(5-2-6-18-13)8-16-12(17)10-4-3-9(15)7-11(10)14/h3-4,7H,2,5-6,8,15H2,1H3,(H,16,17). The minimum absolute atomic E-state index is 0.131. The van der Waals surface area contributed by atoms with E-state index in [1.54, 1.807) is 18.2 Å². The molecular formula is C13H17ClN2OS. The van der Waals surface area contributed by atoms with Crippen LogP contribution in [0.2, 0.25) is 5.02 Å². The predicted octanol–water partition coefficient (Wildman–Crippen LogP) is 2.94. The number of halogens is 1. The van der Waals surface area contributed by atoms with Gasteiger partial charge in [-0.2, -0.15) is 11.8 Å². The summed E-state index contributed by atoms with van der Waals surface area (Å²) in [5.74, 6) is 1.04. The zero-order valence-corrected chi connectivity index (χ0v) is 11.9. The van der Waals surface area contributed by atoms with Crippen LogP contribution >= 0.6 is 23.4 Å². The number of hydrogen-bond donors (Lipinski definition) is 2. The third-order valence-corrected chi connectivity index (χ3v) is 5.01. The van der Waals surface area contributed by atoms with Crippen LogP contribution < -0.4 is 11.1 Å². The molecule has 2 rings (SSSR count). The Morgan fingerprint density at radius 2 is 2.39 bits per heavy atom. The Hall–Kier alpha value is -0.870. The zero-order chi connectivity index (χ0) is 13.2. The summed E-state index contributed by atoms with van der Waals surface area (Å²) >= 11 is 7.93. The fourth-order valence-corrected chi connectivity index (χ4v) is 3.57. The topological polar surface area (TPSA) is 55.1 Å². The number of thioether (sulfide) groups is 1. The highest BCUT2D eigenvalue weighted by Crippen LogP contribution is 2.37. The van der Waals surface area contributed by atoms with Gasteiger partial charge in [0.25, 0.3) is 5.91 Å². The highest BCUT2D eigenvalue weighted by atomic mass is 35.5. The van der Waals surface area contributed by atoms with E-state index in [-0.39, 0.29) is 10.7 Å². The molecule has 3 nitrogen and oxygen atoms in total. The van der Waals surface area contributed by atoms with Crippen LogP contribution in [0.15, 0.2) is 18.2 Å². The highest BCUT2D eigenvalue weighted by Gasteiger charge is 2.29. The Morgan fingerprint density at radius 3 is 3.00 bits per heavy atom. The van der Waals surface area contributed by atoms with E-state index in [4.69, 9.17) is 17.3 Å². The van der Waals surface area contributed by atoms with Crippen molar-refractivity contribution in [1.82, 2.24) is 5.32 Å². The molecule has 1 fully saturated rings. The maximum absolute atomic E-state index is 12.0. The third-order valence-electron chi connectivity index (χ3n) is 3.16. The molecule has 1 aromatic carbocycles. The Morgan fingerprint density at radius 1 is 1.61 bits per heavy atom. The lowest BCUT2D eigenvalue weighted by molar-refractivity contribution is 0.0950. The number of amides is 1. The quantitative estimate of drug-likeness (QED) is 0.839. The van der Waals surface area contributed by atoms with Crippen LogP contribution in [0.4, 0.5) is 5.69 Å². The summed E-state index contributed by atoms with van der Waals surface area (Å²) in [5.41, 5.74) is 6.65. The van der Waals surface area contributed by atoms with E-state index in [0.29, 0.717) is 22.8 Å². The van der Waals surface area contributed by atoms with Gasteiger partial charge >= 0.3 is 0 Å². The number of carbonyl (C=O) groups excluding carboxylic acids is 1. The SMILES string of the molecule is CC1(CNC(=O)c2ccc(N)cc2Cl)CCCS1. The molecule has 1 aliphatic heterocycles. The van der Waals surface area contributed by atoms with Gasteiger partial charge in [-0.25, -0.2) is 0 Å². The van der Waals surface area contributed by atoms with Crippen molar-refractivity contribution < 1.29 is 4.79 Å². The summed E-state index contributed by atoms with van der Waals surface area (Å²) in [6, 6.07) is 4.95. The van der Waals surface area contributed by atoms with Crippen LogP contribution in [0.1, 0.15) is 30.1 Å². The molecule has 18 heavy (non-hydrogen) atoms. The van der Waals surface area contributed by atoms with Crippen molar-refractivity contribution >= 4 is 35.0 Å². The fourth-order valence-electron chi connectivity index (χ4n) is 2.05. The molecule has 1 atom stereocenters. The van der Waals surface area contributed by atoms with Crippen molar-refractivity contribution in [1.29, 1.82) is 0 Å². The van der Waals surface area contributed by atoms with Gasteiger partial charge in [0, 0.05) is 17.0 Å². The number of nitrogen functional groups attached to an aromatic ring is 1. The number of nitrogens with two attached hydrogens (primary N) is 1. The zero-order valence-electron chi connectivity index (χ0n) is 10.3. The molecule has 1 amide bonds. The van der Waals surface area contributed by atoms with Gasteiger partial charge in [-0.1, -0.05) is 11.6 Å². The smallest absolute Gasteiger partial charge is 0.252 e. The molecule has 0 radical (unpaired) electrons. The molecule has 0 spiro atoms. The predicted molar refractivity (Wildman–Crippen MR) is 78.3 cm³/mol. The molecule has 0 saturated carbocycles. The summed E-state index contributed by atoms with van der Waals surface area (Å²) < 4.78 is 0.163. The summed E-state index contributed by atoms with van der Waals surface area (Å²) in [6.07, 6.45) is 2.37. The number of anilines is 1. The van der Waals surface area contributed by atoms with Crippen molar-refractivity contribution in [3.63, 3.8) is 0 Å². The van der Waals surface area contributed by atoms with E-state index in [1.165, 1.54) is 12.2 Å². The van der Waals surface area contributed by atoms with Gasteiger partial charge in [-0.15, -0.1) is 0 Å². The molecule has 1 aliphatic rings. The molecule has 1 saturated heterocycles. The number of hydrogen-bond acceptors (Lipinski definition) is 3. The van der Waals surface area contributed by atoms with Crippen LogP contribution in [0.5, 0.6) is 0 Å². The molecule has 5 heteroatoms. The second-order valence-corrected chi connectivity index (χ2v) is 6.91. The van der Waals surface area contributed by atoms with Crippen molar-refractivity contribution in [2.24, 2.45) is 0 Å². The van der Waals surface area contributed by atoms with Gasteiger partial charge in [0.15, 0.2) is 0 Å². The molecule has 0 bridgehead atoms. The molecule has 0 aliphatic carbocycles. The first kappa shape index (κ1) is 13.6. The lowest BCUT2D eigenvalue weighted by atomic mass is 10.1. The van der Waals surface area contributed by atoms with Gasteiger partial charge in [0.1, 0.15) is 0 Å². The molecular weight excluding hydrogens is 268 g/mol. The molecule has 98 valence electrons. The maximum atomic E-state index is 12.0. The summed E-state index contributed by atoms with van der Waals surface area (Å²) in [4.78, 5) is 12.0. The van der Waals surface area contributed by atoms with Crippen LogP contribution in [0.25, 0.3) is 0 Å². The Kier molecular flexibility index (Phi) is 4.07. The molecule has 0 aromatic heterocycles. The van der Waals surface area contributed by atoms with Gasteiger partial charge in [0.05, 0.1) is 10.6 Å². The highest BCUT2D eigenvalue weighted by molar-refractivity contribution is 8.00. The van der Waals surface area contributed by atoms with E-state index in [9.17, 15) is 4.79 Å². The van der Waals surface area contributed by atoms with E-state index in [1.807, 2.05) is 11.8 Å². The first-order chi connectivity index (χ1) is 8.50. The van der Waals surface area contributed by atoms with Crippen LogP contribution in [0.3, 0.4) is 0 Å². The Labute approximate surface area is 116 Å². The van der Waals surface area contributed by atoms with Crippen LogP contribution in [-0.2, 0) is 0 Å². The molecule has 1 heterocycles. The number of rotatable bonds is 3. The molecule has 1 aromatic rings. The van der Waals surface area contributed by atoms with E-state index in [0.717, 1.165) is 6.42 Å². The van der Waals surface area contributed by atoms with Crippen molar-refractivity contribution in [3.05, 3.63) is 28.8 Å². The monoisotopic (exact) mass is 284 g/mol. The number of carbonyl (C=O) groups is 1. The first-order valence-electron chi connectivity index (χ1n) is 5.97. The van der Waals surface area contributed by atoms with Crippen molar-refractivity contribution in [3.8, 4) is 0 Å². The number of nitrogens with one attached hydrogen (secondary N) is 1. The van der Waals surface area contributed by atoms with Gasteiger partial charge in [-0.3, -0.25) is 4.79 Å². The van der Waals surface area contributed by atoms with Crippen molar-refractivity contribution in [2.75, 3.05) is 18.0 Å². The lowest BCUT2D eigenvalue weighted by Crippen LogP contribution is -2.36. The maximum Gasteiger partial charge on any atom is 0.252 e. The number of benzene rings is 1. The van der Waals surface area contributed by atoms with Crippen LogP contribution in [0, 0.1) is 0 Å². The first-order valence-corrected chi connectivity index (χ1v) is 7.34. The summed E-state index contributed by atoms with van der Waals surface area (Å²) in [5, 5.41) is 3.36. The van der Waals surface area contributed by atoms with E-state index >= 15 is 0 Å². The fraction of sp³-hybridized carbons (Fsp3) is 0.462. The second kappa shape index (κ2) is 5.41. The van der Waals surface area contributed by atoms with Gasteiger partial charge in [0.2, 0.25) is 0 Å². The average Bonchev–Trinajstić information content (AvgIpc) is 2.74. The third kappa shape index (κ3) is 3.12. The van der Waals surface area contributed by atoms with E-state index in [2.05, 4.69) is 12.2 Å². The average molecular weight is 285 g/mol. The normalized spacial score (nSPS) is 23.0. The van der Waals surface area contributed by atoms with Crippen molar-refractivity contribution in [2.45, 2.75) is 24.5 Å².